The van der Waals surface area contributed by atoms with Crippen molar-refractivity contribution >= 4 is 34.1 Å². The number of carbonyl (C=O) groups excluding carboxylic acids is 1. The zero-order valence-electron chi connectivity index (χ0n) is 19.9. The molecule has 2 aromatic heterocycles. The highest BCUT2D eigenvalue weighted by Crippen LogP contribution is 2.34. The Balaban J connectivity index is 1.40. The molecular formula is C25H28ClF3N4O2. The third kappa shape index (κ3) is 5.41. The Morgan fingerprint density at radius 2 is 1.91 bits per heavy atom. The number of halogens is 4. The summed E-state index contributed by atoms with van der Waals surface area (Å²) >= 11 is 6.12. The molecule has 1 fully saturated rings. The zero-order valence-corrected chi connectivity index (χ0v) is 20.7. The van der Waals surface area contributed by atoms with Gasteiger partial charge >= 0.3 is 6.18 Å². The van der Waals surface area contributed by atoms with E-state index in [1.54, 1.807) is 14.0 Å². The zero-order chi connectivity index (χ0) is 25.3. The van der Waals surface area contributed by atoms with E-state index in [-0.39, 0.29) is 16.7 Å². The van der Waals surface area contributed by atoms with Crippen molar-refractivity contribution < 1.29 is 22.7 Å². The van der Waals surface area contributed by atoms with Gasteiger partial charge in [0.05, 0.1) is 23.2 Å². The van der Waals surface area contributed by atoms with Crippen molar-refractivity contribution in [3.63, 3.8) is 0 Å². The minimum absolute atomic E-state index is 0.0105. The van der Waals surface area contributed by atoms with Crippen LogP contribution in [-0.2, 0) is 12.7 Å². The monoisotopic (exact) mass is 508 g/mol. The number of pyridine rings is 1. The van der Waals surface area contributed by atoms with E-state index in [1.165, 1.54) is 0 Å². The number of ketones is 1. The van der Waals surface area contributed by atoms with Gasteiger partial charge in [0.2, 0.25) is 0 Å². The Hall–Kier alpha value is -2.78. The smallest absolute Gasteiger partial charge is 0.417 e. The average molecular weight is 509 g/mol. The number of rotatable bonds is 7. The molecule has 6 nitrogen and oxygen atoms in total. The second-order valence-electron chi connectivity index (χ2n) is 9.03. The van der Waals surface area contributed by atoms with Gasteiger partial charge in [-0.15, -0.1) is 0 Å². The first-order valence-electron chi connectivity index (χ1n) is 11.4. The molecule has 0 amide bonds. The molecule has 1 atom stereocenters. The fraction of sp³-hybridized carbons (Fsp3) is 0.440. The van der Waals surface area contributed by atoms with Gasteiger partial charge in [0, 0.05) is 62.6 Å². The number of anilines is 1. The highest BCUT2D eigenvalue weighted by molar-refractivity contribution is 6.33. The molecular weight excluding hydrogens is 481 g/mol. The van der Waals surface area contributed by atoms with Crippen LogP contribution in [0.2, 0.25) is 5.02 Å². The van der Waals surface area contributed by atoms with E-state index in [2.05, 4.69) is 21.4 Å². The first-order chi connectivity index (χ1) is 16.6. The minimum atomic E-state index is -4.47. The molecule has 0 aliphatic carbocycles. The van der Waals surface area contributed by atoms with Crippen LogP contribution in [0.5, 0.6) is 5.75 Å². The van der Waals surface area contributed by atoms with Gasteiger partial charge in [0.15, 0.2) is 5.78 Å². The van der Waals surface area contributed by atoms with Crippen LogP contribution in [0.1, 0.15) is 29.8 Å². The van der Waals surface area contributed by atoms with Gasteiger partial charge in [-0.3, -0.25) is 9.69 Å². The normalized spacial score (nSPS) is 16.0. The fourth-order valence-electron chi connectivity index (χ4n) is 4.71. The van der Waals surface area contributed by atoms with Crippen molar-refractivity contribution in [2.45, 2.75) is 26.6 Å². The quantitative estimate of drug-likeness (QED) is 0.401. The maximum absolute atomic E-state index is 12.9. The molecule has 3 aromatic rings. The summed E-state index contributed by atoms with van der Waals surface area (Å²) in [7, 11) is 1.63. The van der Waals surface area contributed by atoms with Crippen molar-refractivity contribution in [3.05, 3.63) is 52.8 Å². The van der Waals surface area contributed by atoms with Crippen LogP contribution in [-0.4, -0.2) is 60.1 Å². The van der Waals surface area contributed by atoms with Gasteiger partial charge in [-0.1, -0.05) is 30.7 Å². The largest absolute Gasteiger partial charge is 0.495 e. The second-order valence-corrected chi connectivity index (χ2v) is 9.43. The number of piperazine rings is 1. The Labute approximate surface area is 207 Å². The number of Topliss-reactive ketones (excluding diaryl/α,β-unsaturated/α-hetero) is 1. The Kier molecular flexibility index (Phi) is 7.28. The number of hydrogen-bond donors (Lipinski definition) is 0. The SMILES string of the molecule is COc1cccc2c(C(C)=O)cn(CC(C)CN3CCN(c4ncc(C(F)(F)F)cc4Cl)CC3)c12. The van der Waals surface area contributed by atoms with Gasteiger partial charge in [-0.2, -0.15) is 13.2 Å². The van der Waals surface area contributed by atoms with Gasteiger partial charge in [-0.05, 0) is 25.0 Å². The number of carbonyl (C=O) groups is 1. The molecule has 4 rings (SSSR count). The lowest BCUT2D eigenvalue weighted by Crippen LogP contribution is -2.48. The minimum Gasteiger partial charge on any atom is -0.495 e. The molecule has 35 heavy (non-hydrogen) atoms. The summed E-state index contributed by atoms with van der Waals surface area (Å²) < 4.78 is 46.3. The molecule has 1 aromatic carbocycles. The summed E-state index contributed by atoms with van der Waals surface area (Å²) in [6.45, 7) is 8.03. The lowest BCUT2D eigenvalue weighted by atomic mass is 10.1. The van der Waals surface area contributed by atoms with E-state index in [4.69, 9.17) is 16.3 Å². The number of para-hydroxylation sites is 1. The molecule has 10 heteroatoms. The molecule has 1 unspecified atom stereocenters. The first-order valence-corrected chi connectivity index (χ1v) is 11.8. The molecule has 0 N–H and O–H groups in total. The molecule has 0 radical (unpaired) electrons. The van der Waals surface area contributed by atoms with Gasteiger partial charge in [0.1, 0.15) is 11.6 Å². The molecule has 1 saturated heterocycles. The number of methoxy groups -OCH3 is 1. The van der Waals surface area contributed by atoms with E-state index in [9.17, 15) is 18.0 Å². The van der Waals surface area contributed by atoms with Gasteiger partial charge in [-0.25, -0.2) is 4.98 Å². The van der Waals surface area contributed by atoms with Crippen molar-refractivity contribution in [2.24, 2.45) is 5.92 Å². The van der Waals surface area contributed by atoms with Crippen LogP contribution >= 0.6 is 11.6 Å². The molecule has 3 heterocycles. The van der Waals surface area contributed by atoms with E-state index in [1.807, 2.05) is 29.3 Å². The van der Waals surface area contributed by atoms with Crippen LogP contribution < -0.4 is 9.64 Å². The van der Waals surface area contributed by atoms with Crippen LogP contribution in [0.4, 0.5) is 19.0 Å². The maximum atomic E-state index is 12.9. The number of benzene rings is 1. The Morgan fingerprint density at radius 3 is 2.51 bits per heavy atom. The van der Waals surface area contributed by atoms with Crippen LogP contribution in [0.3, 0.4) is 0 Å². The first kappa shape index (κ1) is 25.3. The molecule has 1 aliphatic heterocycles. The number of hydrogen-bond acceptors (Lipinski definition) is 5. The predicted octanol–water partition coefficient (Wildman–Crippen LogP) is 5.38. The standard InChI is InChI=1S/C25H28ClF3N4O2/c1-16(14-33-15-20(17(2)34)19-5-4-6-22(35-3)23(19)33)13-31-7-9-32(10-8-31)24-21(26)11-18(12-30-24)25(27,28)29/h4-6,11-12,15-16H,7-10,13-14H2,1-3H3. The van der Waals surface area contributed by atoms with Gasteiger partial charge < -0.3 is 14.2 Å². The lowest BCUT2D eigenvalue weighted by molar-refractivity contribution is -0.137. The molecule has 0 spiro atoms. The number of ether oxygens (including phenoxy) is 1. The fourth-order valence-corrected chi connectivity index (χ4v) is 5.00. The Morgan fingerprint density at radius 1 is 1.20 bits per heavy atom. The van der Waals surface area contributed by atoms with E-state index >= 15 is 0 Å². The lowest BCUT2D eigenvalue weighted by Gasteiger charge is -2.37. The third-order valence-corrected chi connectivity index (χ3v) is 6.64. The summed E-state index contributed by atoms with van der Waals surface area (Å²) in [5.41, 5.74) is 0.751. The second kappa shape index (κ2) is 10.1. The summed E-state index contributed by atoms with van der Waals surface area (Å²) in [6, 6.07) is 6.66. The molecule has 0 saturated carbocycles. The predicted molar refractivity (Wildman–Crippen MR) is 131 cm³/mol. The number of nitrogens with zero attached hydrogens (tertiary/aromatic N) is 4. The molecule has 0 bridgehead atoms. The average Bonchev–Trinajstić information content (AvgIpc) is 3.18. The summed E-state index contributed by atoms with van der Waals surface area (Å²) in [4.78, 5) is 20.4. The number of alkyl halides is 3. The summed E-state index contributed by atoms with van der Waals surface area (Å²) in [5, 5.41) is 0.898. The van der Waals surface area contributed by atoms with E-state index < -0.39 is 11.7 Å². The van der Waals surface area contributed by atoms with Crippen molar-refractivity contribution in [2.75, 3.05) is 44.7 Å². The number of aromatic nitrogens is 2. The maximum Gasteiger partial charge on any atom is 0.417 e. The van der Waals surface area contributed by atoms with Crippen LogP contribution in [0.25, 0.3) is 10.9 Å². The molecule has 1 aliphatic rings. The highest BCUT2D eigenvalue weighted by atomic mass is 35.5. The molecule has 188 valence electrons. The van der Waals surface area contributed by atoms with Crippen LogP contribution in [0.15, 0.2) is 36.7 Å². The van der Waals surface area contributed by atoms with Crippen LogP contribution in [0, 0.1) is 5.92 Å². The topological polar surface area (TPSA) is 50.6 Å². The number of fused-ring (bicyclic) bond motifs is 1. The summed E-state index contributed by atoms with van der Waals surface area (Å²) in [5.74, 6) is 1.42. The van der Waals surface area contributed by atoms with E-state index in [0.717, 1.165) is 55.1 Å². The van der Waals surface area contributed by atoms with Crippen molar-refractivity contribution in [3.8, 4) is 5.75 Å². The van der Waals surface area contributed by atoms with Crippen molar-refractivity contribution in [1.82, 2.24) is 14.5 Å². The van der Waals surface area contributed by atoms with E-state index in [0.29, 0.717) is 24.5 Å². The summed E-state index contributed by atoms with van der Waals surface area (Å²) in [6.07, 6.45) is -1.73. The van der Waals surface area contributed by atoms with Crippen molar-refractivity contribution in [1.29, 1.82) is 0 Å². The van der Waals surface area contributed by atoms with Gasteiger partial charge in [0.25, 0.3) is 0 Å². The highest BCUT2D eigenvalue weighted by Gasteiger charge is 2.32. The Bertz CT molecular complexity index is 1220. The third-order valence-electron chi connectivity index (χ3n) is 6.36.